The first-order chi connectivity index (χ1) is 8.58. The number of hydrogen-bond donors (Lipinski definition) is 2. The number of carboxylic acid groups (broad SMARTS) is 1. The van der Waals surface area contributed by atoms with Gasteiger partial charge in [0.15, 0.2) is 0 Å². The van der Waals surface area contributed by atoms with Gasteiger partial charge in [-0.2, -0.15) is 11.8 Å². The molecule has 2 rings (SSSR count). The predicted molar refractivity (Wildman–Crippen MR) is 72.9 cm³/mol. The van der Waals surface area contributed by atoms with E-state index in [0.717, 1.165) is 10.2 Å². The third kappa shape index (κ3) is 3.08. The lowest BCUT2D eigenvalue weighted by Gasteiger charge is -2.34. The molecular formula is C11H13BrN2O3S. The summed E-state index contributed by atoms with van der Waals surface area (Å²) in [6, 6.07) is 1.48. The van der Waals surface area contributed by atoms with E-state index >= 15 is 0 Å². The second-order valence-corrected chi connectivity index (χ2v) is 6.12. The van der Waals surface area contributed by atoms with E-state index in [1.165, 1.54) is 0 Å². The van der Waals surface area contributed by atoms with Gasteiger partial charge in [-0.25, -0.2) is 0 Å². The van der Waals surface area contributed by atoms with Crippen molar-refractivity contribution in [1.82, 2.24) is 9.88 Å². The standard InChI is InChI=1S/C11H13BrN2O3S/c12-7-3-9(13-5-7)11(17)14-1-2-18-6-8(14)4-10(15)16/h3,5,8,13H,1-2,4,6H2,(H,15,16). The smallest absolute Gasteiger partial charge is 0.305 e. The number of carbonyl (C=O) groups excluding carboxylic acids is 1. The summed E-state index contributed by atoms with van der Waals surface area (Å²) in [6.07, 6.45) is 1.69. The maximum absolute atomic E-state index is 12.3. The molecule has 0 spiro atoms. The maximum atomic E-state index is 12.3. The number of hydrogen-bond acceptors (Lipinski definition) is 3. The Bertz CT molecular complexity index is 463. The Labute approximate surface area is 117 Å². The van der Waals surface area contributed by atoms with Crippen LogP contribution in [-0.2, 0) is 4.79 Å². The molecule has 98 valence electrons. The minimum atomic E-state index is -0.868. The number of carboxylic acids is 1. The quantitative estimate of drug-likeness (QED) is 0.885. The van der Waals surface area contributed by atoms with Gasteiger partial charge in [0.25, 0.3) is 5.91 Å². The first kappa shape index (κ1) is 13.5. The summed E-state index contributed by atoms with van der Waals surface area (Å²) in [7, 11) is 0. The van der Waals surface area contributed by atoms with Crippen LogP contribution in [0.15, 0.2) is 16.7 Å². The van der Waals surface area contributed by atoms with E-state index in [2.05, 4.69) is 20.9 Å². The van der Waals surface area contributed by atoms with Crippen LogP contribution in [0.3, 0.4) is 0 Å². The van der Waals surface area contributed by atoms with E-state index in [4.69, 9.17) is 5.11 Å². The number of aromatic nitrogens is 1. The largest absolute Gasteiger partial charge is 0.481 e. The van der Waals surface area contributed by atoms with Crippen LogP contribution in [0.5, 0.6) is 0 Å². The summed E-state index contributed by atoms with van der Waals surface area (Å²) < 4.78 is 0.812. The van der Waals surface area contributed by atoms with E-state index in [9.17, 15) is 9.59 Å². The van der Waals surface area contributed by atoms with Gasteiger partial charge in [0.2, 0.25) is 0 Å². The molecule has 1 aliphatic rings. The van der Waals surface area contributed by atoms with E-state index in [0.29, 0.717) is 18.0 Å². The molecule has 2 N–H and O–H groups in total. The number of amides is 1. The molecule has 0 bridgehead atoms. The highest BCUT2D eigenvalue weighted by atomic mass is 79.9. The molecule has 0 saturated carbocycles. The van der Waals surface area contributed by atoms with Crippen LogP contribution < -0.4 is 0 Å². The summed E-state index contributed by atoms with van der Waals surface area (Å²) >= 11 is 4.97. The highest BCUT2D eigenvalue weighted by Gasteiger charge is 2.29. The molecule has 0 aliphatic carbocycles. The van der Waals surface area contributed by atoms with Crippen molar-refractivity contribution in [2.45, 2.75) is 12.5 Å². The lowest BCUT2D eigenvalue weighted by Crippen LogP contribution is -2.47. The molecule has 1 amide bonds. The predicted octanol–water partition coefficient (Wildman–Crippen LogP) is 1.81. The van der Waals surface area contributed by atoms with Crippen molar-refractivity contribution in [2.24, 2.45) is 0 Å². The molecule has 1 saturated heterocycles. The van der Waals surface area contributed by atoms with E-state index < -0.39 is 5.97 Å². The van der Waals surface area contributed by atoms with Crippen molar-refractivity contribution in [1.29, 1.82) is 0 Å². The molecular weight excluding hydrogens is 320 g/mol. The van der Waals surface area contributed by atoms with Crippen molar-refractivity contribution in [3.05, 3.63) is 22.4 Å². The molecule has 1 aliphatic heterocycles. The molecule has 2 heterocycles. The average molecular weight is 333 g/mol. The molecule has 1 unspecified atom stereocenters. The van der Waals surface area contributed by atoms with Gasteiger partial charge in [0.05, 0.1) is 12.5 Å². The summed E-state index contributed by atoms with van der Waals surface area (Å²) in [5.41, 5.74) is 0.490. The number of halogens is 1. The van der Waals surface area contributed by atoms with Crippen LogP contribution in [0.4, 0.5) is 0 Å². The van der Waals surface area contributed by atoms with Gasteiger partial charge in [0, 0.05) is 28.7 Å². The fourth-order valence-corrected chi connectivity index (χ4v) is 3.34. The van der Waals surface area contributed by atoms with Gasteiger partial charge in [-0.15, -0.1) is 0 Å². The van der Waals surface area contributed by atoms with Crippen molar-refractivity contribution in [3.63, 3.8) is 0 Å². The van der Waals surface area contributed by atoms with Gasteiger partial charge in [0.1, 0.15) is 5.69 Å². The van der Waals surface area contributed by atoms with E-state index in [1.54, 1.807) is 28.9 Å². The third-order valence-electron chi connectivity index (χ3n) is 2.78. The number of thioether (sulfide) groups is 1. The Hall–Kier alpha value is -0.950. The number of H-pyrrole nitrogens is 1. The van der Waals surface area contributed by atoms with Gasteiger partial charge in [-0.05, 0) is 22.0 Å². The monoisotopic (exact) mass is 332 g/mol. The summed E-state index contributed by atoms with van der Waals surface area (Å²) in [6.45, 7) is 0.595. The topological polar surface area (TPSA) is 73.4 Å². The second-order valence-electron chi connectivity index (χ2n) is 4.06. The summed E-state index contributed by atoms with van der Waals surface area (Å²) in [5.74, 6) is 0.532. The number of aromatic amines is 1. The number of aliphatic carboxylic acids is 1. The van der Waals surface area contributed by atoms with E-state index in [1.807, 2.05) is 0 Å². The van der Waals surface area contributed by atoms with Crippen molar-refractivity contribution < 1.29 is 14.7 Å². The zero-order valence-electron chi connectivity index (χ0n) is 9.56. The highest BCUT2D eigenvalue weighted by Crippen LogP contribution is 2.22. The molecule has 0 aromatic carbocycles. The number of nitrogens with one attached hydrogen (secondary N) is 1. The molecule has 0 radical (unpaired) electrons. The minimum absolute atomic E-state index is 0.000613. The SMILES string of the molecule is O=C(O)CC1CSCCN1C(=O)c1cc(Br)c[nH]1. The van der Waals surface area contributed by atoms with E-state index in [-0.39, 0.29) is 18.4 Å². The normalized spacial score (nSPS) is 19.8. The van der Waals surface area contributed by atoms with Crippen molar-refractivity contribution in [2.75, 3.05) is 18.1 Å². The van der Waals surface area contributed by atoms with Crippen molar-refractivity contribution >= 4 is 39.6 Å². The molecule has 1 fully saturated rings. The Morgan fingerprint density at radius 2 is 2.39 bits per heavy atom. The lowest BCUT2D eigenvalue weighted by molar-refractivity contribution is -0.138. The average Bonchev–Trinajstić information content (AvgIpc) is 2.75. The second kappa shape index (κ2) is 5.79. The molecule has 7 heteroatoms. The highest BCUT2D eigenvalue weighted by molar-refractivity contribution is 9.10. The van der Waals surface area contributed by atoms with Crippen LogP contribution in [0.1, 0.15) is 16.9 Å². The Morgan fingerprint density at radius 3 is 3.00 bits per heavy atom. The molecule has 1 aromatic heterocycles. The lowest BCUT2D eigenvalue weighted by atomic mass is 10.2. The fourth-order valence-electron chi connectivity index (χ4n) is 1.94. The molecule has 1 aromatic rings. The molecule has 18 heavy (non-hydrogen) atoms. The van der Waals surface area contributed by atoms with Crippen LogP contribution in [0, 0.1) is 0 Å². The molecule has 1 atom stereocenters. The zero-order chi connectivity index (χ0) is 13.1. The molecule has 5 nitrogen and oxygen atoms in total. The van der Waals surface area contributed by atoms with Gasteiger partial charge in [-0.3, -0.25) is 9.59 Å². The van der Waals surface area contributed by atoms with Crippen LogP contribution in [0.25, 0.3) is 0 Å². The van der Waals surface area contributed by atoms with Gasteiger partial charge in [-0.1, -0.05) is 0 Å². The number of nitrogens with zero attached hydrogens (tertiary/aromatic N) is 1. The number of rotatable bonds is 3. The van der Waals surface area contributed by atoms with Crippen LogP contribution in [0.2, 0.25) is 0 Å². The van der Waals surface area contributed by atoms with Crippen LogP contribution in [-0.4, -0.2) is 51.0 Å². The van der Waals surface area contributed by atoms with Gasteiger partial charge < -0.3 is 15.0 Å². The zero-order valence-corrected chi connectivity index (χ0v) is 12.0. The number of carbonyl (C=O) groups is 2. The summed E-state index contributed by atoms with van der Waals surface area (Å²) in [5, 5.41) is 8.88. The fraction of sp³-hybridized carbons (Fsp3) is 0.455. The maximum Gasteiger partial charge on any atom is 0.305 e. The first-order valence-electron chi connectivity index (χ1n) is 5.52. The Balaban J connectivity index is 2.13. The third-order valence-corrected chi connectivity index (χ3v) is 4.33. The Kier molecular flexibility index (Phi) is 4.34. The first-order valence-corrected chi connectivity index (χ1v) is 7.47. The Morgan fingerprint density at radius 1 is 1.61 bits per heavy atom. The van der Waals surface area contributed by atoms with Gasteiger partial charge >= 0.3 is 5.97 Å². The van der Waals surface area contributed by atoms with Crippen molar-refractivity contribution in [3.8, 4) is 0 Å². The summed E-state index contributed by atoms with van der Waals surface area (Å²) in [4.78, 5) is 27.6. The van der Waals surface area contributed by atoms with Crippen LogP contribution >= 0.6 is 27.7 Å². The minimum Gasteiger partial charge on any atom is -0.481 e.